The van der Waals surface area contributed by atoms with Crippen LogP contribution >= 0.6 is 23.3 Å². The van der Waals surface area contributed by atoms with Gasteiger partial charge in [0.2, 0.25) is 0 Å². The van der Waals surface area contributed by atoms with E-state index in [1.54, 1.807) is 11.8 Å². The highest BCUT2D eigenvalue weighted by molar-refractivity contribution is 7.99. The normalized spacial score (nSPS) is 12.4. The molecule has 3 nitrogen and oxygen atoms in total. The lowest BCUT2D eigenvalue weighted by atomic mass is 10.1. The quantitative estimate of drug-likeness (QED) is 0.812. The molecule has 2 aromatic rings. The second-order valence-corrected chi connectivity index (χ2v) is 5.98. The number of anilines is 2. The zero-order chi connectivity index (χ0) is 13.8. The lowest BCUT2D eigenvalue weighted by molar-refractivity contribution is 0.883. The van der Waals surface area contributed by atoms with Gasteiger partial charge in [-0.2, -0.15) is 4.37 Å². The van der Waals surface area contributed by atoms with Crippen molar-refractivity contribution in [2.24, 2.45) is 0 Å². The average molecular weight is 293 g/mol. The molecule has 1 heterocycles. The number of aromatic nitrogens is 1. The fourth-order valence-corrected chi connectivity index (χ4v) is 3.52. The molecule has 0 aliphatic rings. The highest BCUT2D eigenvalue weighted by Gasteiger charge is 2.13. The van der Waals surface area contributed by atoms with E-state index in [1.807, 2.05) is 6.26 Å². The van der Waals surface area contributed by atoms with Crippen molar-refractivity contribution in [3.05, 3.63) is 35.4 Å². The van der Waals surface area contributed by atoms with Crippen LogP contribution in [0.5, 0.6) is 0 Å². The van der Waals surface area contributed by atoms with Gasteiger partial charge in [0, 0.05) is 6.04 Å². The number of hydrogen-bond acceptors (Lipinski definition) is 5. The summed E-state index contributed by atoms with van der Waals surface area (Å²) < 4.78 is 4.20. The summed E-state index contributed by atoms with van der Waals surface area (Å²) in [6.45, 7) is 4.32. The Labute approximate surface area is 122 Å². The number of rotatable bonds is 5. The van der Waals surface area contributed by atoms with Gasteiger partial charge in [-0.15, -0.1) is 11.8 Å². The van der Waals surface area contributed by atoms with Gasteiger partial charge in [-0.05, 0) is 42.3 Å². The highest BCUT2D eigenvalue weighted by atomic mass is 32.2. The summed E-state index contributed by atoms with van der Waals surface area (Å²) in [6.07, 6.45) is 3.09. The van der Waals surface area contributed by atoms with E-state index in [9.17, 15) is 0 Å². The van der Waals surface area contributed by atoms with Crippen molar-refractivity contribution in [3.63, 3.8) is 0 Å². The summed E-state index contributed by atoms with van der Waals surface area (Å²) in [5.74, 6) is 0.619. The van der Waals surface area contributed by atoms with E-state index in [1.165, 1.54) is 22.7 Å². The number of nitrogen functional groups attached to an aromatic ring is 1. The van der Waals surface area contributed by atoms with Crippen LogP contribution in [0.25, 0.3) is 0 Å². The molecule has 1 unspecified atom stereocenters. The first-order valence-electron chi connectivity index (χ1n) is 6.30. The van der Waals surface area contributed by atoms with Crippen LogP contribution in [0.4, 0.5) is 10.8 Å². The van der Waals surface area contributed by atoms with E-state index >= 15 is 0 Å². The van der Waals surface area contributed by atoms with Crippen LogP contribution in [0, 0.1) is 0 Å². The van der Waals surface area contributed by atoms with Gasteiger partial charge >= 0.3 is 0 Å². The molecule has 0 spiro atoms. The Hall–Kier alpha value is -1.20. The fraction of sp³-hybridized carbons (Fsp3) is 0.357. The molecular formula is C14H19N3S2. The number of aryl methyl sites for hydroxylation is 1. The molecule has 19 heavy (non-hydrogen) atoms. The summed E-state index contributed by atoms with van der Waals surface area (Å²) >= 11 is 3.06. The minimum absolute atomic E-state index is 0.247. The van der Waals surface area contributed by atoms with Crippen molar-refractivity contribution in [1.82, 2.24) is 4.37 Å². The van der Waals surface area contributed by atoms with Gasteiger partial charge in [0.25, 0.3) is 0 Å². The predicted molar refractivity (Wildman–Crippen MR) is 86.2 cm³/mol. The van der Waals surface area contributed by atoms with Crippen LogP contribution in [0.15, 0.2) is 29.2 Å². The van der Waals surface area contributed by atoms with E-state index in [-0.39, 0.29) is 6.04 Å². The van der Waals surface area contributed by atoms with Crippen LogP contribution in [-0.4, -0.2) is 10.6 Å². The lowest BCUT2D eigenvalue weighted by Gasteiger charge is -2.15. The minimum atomic E-state index is 0.247. The summed E-state index contributed by atoms with van der Waals surface area (Å²) in [4.78, 5) is 1.04. The maximum absolute atomic E-state index is 5.84. The van der Waals surface area contributed by atoms with Gasteiger partial charge in [-0.1, -0.05) is 31.2 Å². The van der Waals surface area contributed by atoms with Crippen molar-refractivity contribution >= 4 is 34.1 Å². The lowest BCUT2D eigenvalue weighted by Crippen LogP contribution is -2.06. The second-order valence-electron chi connectivity index (χ2n) is 4.39. The molecule has 0 saturated heterocycles. The Balaban J connectivity index is 2.13. The molecule has 1 aromatic heterocycles. The molecule has 0 fully saturated rings. The number of hydrogen-bond donors (Lipinski definition) is 2. The first-order chi connectivity index (χ1) is 9.15. The Morgan fingerprint density at radius 2 is 2.05 bits per heavy atom. The molecular weight excluding hydrogens is 274 g/mol. The second kappa shape index (κ2) is 6.30. The Bertz CT molecular complexity index is 534. The Kier molecular flexibility index (Phi) is 4.71. The molecule has 1 aromatic carbocycles. The molecule has 0 aliphatic carbocycles. The zero-order valence-corrected chi connectivity index (χ0v) is 13.1. The predicted octanol–water partition coefficient (Wildman–Crippen LogP) is 4.18. The molecule has 0 radical (unpaired) electrons. The van der Waals surface area contributed by atoms with Gasteiger partial charge in [0.05, 0.1) is 4.90 Å². The van der Waals surface area contributed by atoms with Crippen molar-refractivity contribution in [2.75, 3.05) is 17.3 Å². The molecule has 0 amide bonds. The summed E-state index contributed by atoms with van der Waals surface area (Å²) in [5, 5.41) is 4.54. The van der Waals surface area contributed by atoms with Crippen LogP contribution < -0.4 is 11.1 Å². The van der Waals surface area contributed by atoms with E-state index in [2.05, 4.69) is 47.8 Å². The number of nitrogens with two attached hydrogens (primary N) is 1. The molecule has 1 atom stereocenters. The molecule has 0 aliphatic heterocycles. The van der Waals surface area contributed by atoms with E-state index in [0.29, 0.717) is 5.82 Å². The Morgan fingerprint density at radius 1 is 1.37 bits per heavy atom. The third-order valence-electron chi connectivity index (χ3n) is 3.11. The first-order valence-corrected chi connectivity index (χ1v) is 8.30. The van der Waals surface area contributed by atoms with Gasteiger partial charge in [0.15, 0.2) is 5.82 Å². The minimum Gasteiger partial charge on any atom is -0.382 e. The monoisotopic (exact) mass is 293 g/mol. The summed E-state index contributed by atoms with van der Waals surface area (Å²) in [5.41, 5.74) is 8.48. The van der Waals surface area contributed by atoms with Crippen molar-refractivity contribution in [2.45, 2.75) is 31.2 Å². The average Bonchev–Trinajstić information content (AvgIpc) is 2.79. The summed E-state index contributed by atoms with van der Waals surface area (Å²) in [7, 11) is 0. The van der Waals surface area contributed by atoms with E-state index in [4.69, 9.17) is 5.73 Å². The first kappa shape index (κ1) is 14.2. The maximum atomic E-state index is 5.84. The smallest absolute Gasteiger partial charge is 0.153 e. The third kappa shape index (κ3) is 3.22. The van der Waals surface area contributed by atoms with Crippen LogP contribution in [0.3, 0.4) is 0 Å². The third-order valence-corrected chi connectivity index (χ3v) is 4.86. The van der Waals surface area contributed by atoms with Crippen molar-refractivity contribution < 1.29 is 0 Å². The molecule has 2 rings (SSSR count). The number of benzene rings is 1. The number of nitrogens with one attached hydrogen (secondary N) is 1. The summed E-state index contributed by atoms with van der Waals surface area (Å²) in [6, 6.07) is 8.98. The highest BCUT2D eigenvalue weighted by Crippen LogP contribution is 2.36. The van der Waals surface area contributed by atoms with Gasteiger partial charge in [-0.25, -0.2) is 0 Å². The topological polar surface area (TPSA) is 50.9 Å². The molecule has 0 bridgehead atoms. The van der Waals surface area contributed by atoms with Crippen molar-refractivity contribution in [3.8, 4) is 0 Å². The van der Waals surface area contributed by atoms with Gasteiger partial charge < -0.3 is 11.1 Å². The standard InChI is InChI=1S/C14H19N3S2/c1-4-10-5-7-11(8-6-10)9(2)16-14-12(18-3)13(15)17-19-14/h5-9,16H,4H2,1-3H3,(H2,15,17). The Morgan fingerprint density at radius 3 is 2.63 bits per heavy atom. The molecule has 0 saturated carbocycles. The number of thioether (sulfide) groups is 1. The van der Waals surface area contributed by atoms with Crippen molar-refractivity contribution in [1.29, 1.82) is 0 Å². The van der Waals surface area contributed by atoms with Crippen LogP contribution in [-0.2, 0) is 6.42 Å². The molecule has 5 heteroatoms. The molecule has 102 valence electrons. The van der Waals surface area contributed by atoms with Crippen LogP contribution in [0.2, 0.25) is 0 Å². The van der Waals surface area contributed by atoms with E-state index < -0.39 is 0 Å². The zero-order valence-electron chi connectivity index (χ0n) is 11.4. The maximum Gasteiger partial charge on any atom is 0.153 e. The van der Waals surface area contributed by atoms with Gasteiger partial charge in [-0.3, -0.25) is 0 Å². The van der Waals surface area contributed by atoms with E-state index in [0.717, 1.165) is 16.3 Å². The fourth-order valence-electron chi connectivity index (χ4n) is 1.91. The number of nitrogens with zero attached hydrogens (tertiary/aromatic N) is 1. The largest absolute Gasteiger partial charge is 0.382 e. The van der Waals surface area contributed by atoms with Gasteiger partial charge in [0.1, 0.15) is 5.00 Å². The van der Waals surface area contributed by atoms with Crippen LogP contribution in [0.1, 0.15) is 31.0 Å². The SMILES string of the molecule is CCc1ccc(C(C)Nc2snc(N)c2SC)cc1. The molecule has 3 N–H and O–H groups in total.